The van der Waals surface area contributed by atoms with Gasteiger partial charge in [-0.2, -0.15) is 0 Å². The van der Waals surface area contributed by atoms with Gasteiger partial charge in [-0.15, -0.1) is 0 Å². The molecule has 2 aromatic rings. The molecule has 0 bridgehead atoms. The highest BCUT2D eigenvalue weighted by molar-refractivity contribution is 5.38. The zero-order chi connectivity index (χ0) is 14.5. The van der Waals surface area contributed by atoms with Crippen LogP contribution in [0.4, 0.5) is 4.39 Å². The van der Waals surface area contributed by atoms with Gasteiger partial charge in [0, 0.05) is 6.20 Å². The number of benzene rings is 1. The molecule has 0 saturated carbocycles. The van der Waals surface area contributed by atoms with Crippen LogP contribution in [-0.4, -0.2) is 18.7 Å². The topological polar surface area (TPSA) is 57.4 Å². The van der Waals surface area contributed by atoms with Gasteiger partial charge in [0.05, 0.1) is 26.0 Å². The average molecular weight is 276 g/mol. The highest BCUT2D eigenvalue weighted by Crippen LogP contribution is 2.26. The summed E-state index contributed by atoms with van der Waals surface area (Å²) in [5.41, 5.74) is 7.73. The molecule has 0 radical (unpaired) electrons. The Kier molecular flexibility index (Phi) is 4.53. The molecular formula is C15H17FN2O2. The maximum absolute atomic E-state index is 13.4. The maximum Gasteiger partial charge on any atom is 0.165 e. The second-order valence-electron chi connectivity index (χ2n) is 4.26. The van der Waals surface area contributed by atoms with E-state index < -0.39 is 11.9 Å². The van der Waals surface area contributed by atoms with Crippen molar-refractivity contribution in [1.29, 1.82) is 0 Å². The van der Waals surface area contributed by atoms with Gasteiger partial charge >= 0.3 is 0 Å². The van der Waals surface area contributed by atoms with Crippen LogP contribution in [0.25, 0.3) is 0 Å². The molecule has 0 aliphatic rings. The molecule has 1 heterocycles. The van der Waals surface area contributed by atoms with E-state index in [1.807, 2.05) is 13.0 Å². The summed E-state index contributed by atoms with van der Waals surface area (Å²) in [6.07, 6.45) is 3.30. The molecule has 1 atom stereocenters. The van der Waals surface area contributed by atoms with Crippen molar-refractivity contribution in [3.63, 3.8) is 0 Å². The van der Waals surface area contributed by atoms with E-state index in [9.17, 15) is 4.39 Å². The van der Waals surface area contributed by atoms with E-state index in [4.69, 9.17) is 15.2 Å². The summed E-state index contributed by atoms with van der Waals surface area (Å²) in [5.74, 6) is 0.422. The van der Waals surface area contributed by atoms with Gasteiger partial charge in [0.2, 0.25) is 0 Å². The number of halogens is 1. The Hall–Kier alpha value is -2.14. The lowest BCUT2D eigenvalue weighted by molar-refractivity contribution is 0.338. The monoisotopic (exact) mass is 276 g/mol. The third-order valence-corrected chi connectivity index (χ3v) is 2.94. The molecule has 0 amide bonds. The minimum atomic E-state index is -0.419. The number of ether oxygens (including phenoxy) is 2. The quantitative estimate of drug-likeness (QED) is 0.912. The number of rotatable bonds is 5. The standard InChI is InChI=1S/C15H17FN2O2/c1-3-20-12-6-11(8-18-9-12)15(17)10-4-5-13(16)14(7-10)19-2/h4-9,15H,3,17H2,1-2H3. The lowest BCUT2D eigenvalue weighted by Gasteiger charge is -2.14. The molecule has 2 rings (SSSR count). The highest BCUT2D eigenvalue weighted by atomic mass is 19.1. The van der Waals surface area contributed by atoms with E-state index in [1.54, 1.807) is 24.5 Å². The van der Waals surface area contributed by atoms with Gasteiger partial charge < -0.3 is 15.2 Å². The predicted octanol–water partition coefficient (Wildman–Crippen LogP) is 2.68. The van der Waals surface area contributed by atoms with E-state index in [1.165, 1.54) is 13.2 Å². The van der Waals surface area contributed by atoms with Crippen molar-refractivity contribution in [2.45, 2.75) is 13.0 Å². The largest absolute Gasteiger partial charge is 0.494 e. The van der Waals surface area contributed by atoms with Crippen molar-refractivity contribution < 1.29 is 13.9 Å². The van der Waals surface area contributed by atoms with Crippen molar-refractivity contribution in [3.05, 3.63) is 53.6 Å². The second-order valence-corrected chi connectivity index (χ2v) is 4.26. The third-order valence-electron chi connectivity index (χ3n) is 2.94. The summed E-state index contributed by atoms with van der Waals surface area (Å²) >= 11 is 0. The lowest BCUT2D eigenvalue weighted by atomic mass is 10.0. The minimum absolute atomic E-state index is 0.173. The molecule has 5 heteroatoms. The molecular weight excluding hydrogens is 259 g/mol. The minimum Gasteiger partial charge on any atom is -0.494 e. The third kappa shape index (κ3) is 3.05. The van der Waals surface area contributed by atoms with Gasteiger partial charge in [0.1, 0.15) is 5.75 Å². The molecule has 0 aliphatic carbocycles. The van der Waals surface area contributed by atoms with E-state index >= 15 is 0 Å². The molecule has 106 valence electrons. The van der Waals surface area contributed by atoms with Crippen LogP contribution in [0, 0.1) is 5.82 Å². The first kappa shape index (κ1) is 14.3. The average Bonchev–Trinajstić information content (AvgIpc) is 2.48. The number of hydrogen-bond donors (Lipinski definition) is 1. The number of aromatic nitrogens is 1. The van der Waals surface area contributed by atoms with E-state index in [0.29, 0.717) is 12.4 Å². The first-order chi connectivity index (χ1) is 9.65. The smallest absolute Gasteiger partial charge is 0.165 e. The molecule has 0 fully saturated rings. The Balaban J connectivity index is 2.30. The summed E-state index contributed by atoms with van der Waals surface area (Å²) in [6.45, 7) is 2.46. The molecule has 20 heavy (non-hydrogen) atoms. The normalized spacial score (nSPS) is 12.0. The van der Waals surface area contributed by atoms with E-state index in [0.717, 1.165) is 11.1 Å². The number of hydrogen-bond acceptors (Lipinski definition) is 4. The van der Waals surface area contributed by atoms with Gasteiger partial charge in [-0.1, -0.05) is 6.07 Å². The van der Waals surface area contributed by atoms with Gasteiger partial charge in [0.15, 0.2) is 11.6 Å². The summed E-state index contributed by atoms with van der Waals surface area (Å²) in [7, 11) is 1.42. The van der Waals surface area contributed by atoms with Gasteiger partial charge in [0.25, 0.3) is 0 Å². The molecule has 2 N–H and O–H groups in total. The van der Waals surface area contributed by atoms with Crippen molar-refractivity contribution >= 4 is 0 Å². The van der Waals surface area contributed by atoms with Crippen LogP contribution in [0.5, 0.6) is 11.5 Å². The Labute approximate surface area is 117 Å². The number of nitrogens with two attached hydrogens (primary N) is 1. The zero-order valence-electron chi connectivity index (χ0n) is 11.5. The molecule has 0 aliphatic heterocycles. The van der Waals surface area contributed by atoms with Crippen molar-refractivity contribution in [1.82, 2.24) is 4.98 Å². The molecule has 0 spiro atoms. The fourth-order valence-electron chi connectivity index (χ4n) is 1.91. The fourth-order valence-corrected chi connectivity index (χ4v) is 1.91. The Morgan fingerprint density at radius 1 is 1.25 bits per heavy atom. The van der Waals surface area contributed by atoms with Crippen LogP contribution in [0.15, 0.2) is 36.7 Å². The van der Waals surface area contributed by atoms with Crippen LogP contribution >= 0.6 is 0 Å². The van der Waals surface area contributed by atoms with E-state index in [2.05, 4.69) is 4.98 Å². The van der Waals surface area contributed by atoms with Crippen LogP contribution in [0.3, 0.4) is 0 Å². The maximum atomic E-state index is 13.4. The SMILES string of the molecule is CCOc1cncc(C(N)c2ccc(F)c(OC)c2)c1. The van der Waals surface area contributed by atoms with Crippen LogP contribution in [0.1, 0.15) is 24.1 Å². The van der Waals surface area contributed by atoms with Crippen molar-refractivity contribution in [2.24, 2.45) is 5.73 Å². The molecule has 4 nitrogen and oxygen atoms in total. The Morgan fingerprint density at radius 3 is 2.75 bits per heavy atom. The van der Waals surface area contributed by atoms with Crippen molar-refractivity contribution in [2.75, 3.05) is 13.7 Å². The highest BCUT2D eigenvalue weighted by Gasteiger charge is 2.13. The molecule has 1 aromatic carbocycles. The van der Waals surface area contributed by atoms with Crippen molar-refractivity contribution in [3.8, 4) is 11.5 Å². The summed E-state index contributed by atoms with van der Waals surface area (Å²) < 4.78 is 23.8. The van der Waals surface area contributed by atoms with Crippen LogP contribution < -0.4 is 15.2 Å². The Bertz CT molecular complexity index is 590. The first-order valence-corrected chi connectivity index (χ1v) is 6.32. The zero-order valence-corrected chi connectivity index (χ0v) is 11.5. The second kappa shape index (κ2) is 6.34. The molecule has 1 aromatic heterocycles. The van der Waals surface area contributed by atoms with Gasteiger partial charge in [-0.05, 0) is 36.2 Å². The molecule has 1 unspecified atom stereocenters. The summed E-state index contributed by atoms with van der Waals surface area (Å²) in [4.78, 5) is 4.10. The first-order valence-electron chi connectivity index (χ1n) is 6.32. The van der Waals surface area contributed by atoms with Gasteiger partial charge in [-0.25, -0.2) is 4.39 Å². The molecule has 0 saturated heterocycles. The number of pyridine rings is 1. The summed E-state index contributed by atoms with van der Waals surface area (Å²) in [6, 6.07) is 5.98. The van der Waals surface area contributed by atoms with Crippen LogP contribution in [-0.2, 0) is 0 Å². The lowest BCUT2D eigenvalue weighted by Crippen LogP contribution is -2.12. The predicted molar refractivity (Wildman–Crippen MR) is 74.4 cm³/mol. The fraction of sp³-hybridized carbons (Fsp3) is 0.267. The summed E-state index contributed by atoms with van der Waals surface area (Å²) in [5, 5.41) is 0. The number of methoxy groups -OCH3 is 1. The van der Waals surface area contributed by atoms with Crippen LogP contribution in [0.2, 0.25) is 0 Å². The van der Waals surface area contributed by atoms with Gasteiger partial charge in [-0.3, -0.25) is 4.98 Å². The Morgan fingerprint density at radius 2 is 2.05 bits per heavy atom. The number of nitrogens with zero attached hydrogens (tertiary/aromatic N) is 1. The van der Waals surface area contributed by atoms with E-state index in [-0.39, 0.29) is 5.75 Å².